The Morgan fingerprint density at radius 3 is 2.61 bits per heavy atom. The first-order valence-corrected chi connectivity index (χ1v) is 8.11. The third kappa shape index (κ3) is 3.48. The molecule has 0 spiro atoms. The van der Waals surface area contributed by atoms with E-state index in [-0.39, 0.29) is 0 Å². The summed E-state index contributed by atoms with van der Waals surface area (Å²) in [6.45, 7) is 4.79. The third-order valence-electron chi connectivity index (χ3n) is 5.23. The van der Waals surface area contributed by atoms with E-state index in [1.165, 1.54) is 64.3 Å². The normalized spacial score (nSPS) is 31.5. The first kappa shape index (κ1) is 12.9. The zero-order valence-electron chi connectivity index (χ0n) is 11.9. The van der Waals surface area contributed by atoms with Crippen LogP contribution in [0.1, 0.15) is 64.7 Å². The van der Waals surface area contributed by atoms with E-state index in [0.717, 1.165) is 18.6 Å². The first-order valence-electron chi connectivity index (χ1n) is 8.11. The van der Waals surface area contributed by atoms with Crippen LogP contribution in [0.3, 0.4) is 0 Å². The van der Waals surface area contributed by atoms with Crippen molar-refractivity contribution in [2.75, 3.05) is 13.2 Å². The predicted octanol–water partition coefficient (Wildman–Crippen LogP) is 3.50. The highest BCUT2D eigenvalue weighted by atomic mass is 16.5. The van der Waals surface area contributed by atoms with Gasteiger partial charge >= 0.3 is 0 Å². The molecule has 2 unspecified atom stereocenters. The Morgan fingerprint density at radius 1 is 1.17 bits per heavy atom. The molecule has 18 heavy (non-hydrogen) atoms. The topological polar surface area (TPSA) is 21.3 Å². The van der Waals surface area contributed by atoms with Gasteiger partial charge in [0.25, 0.3) is 0 Å². The van der Waals surface area contributed by atoms with Gasteiger partial charge in [-0.25, -0.2) is 0 Å². The van der Waals surface area contributed by atoms with Crippen molar-refractivity contribution in [3.8, 4) is 0 Å². The second-order valence-corrected chi connectivity index (χ2v) is 7.11. The minimum absolute atomic E-state index is 0.571. The van der Waals surface area contributed by atoms with Crippen molar-refractivity contribution in [2.24, 2.45) is 11.3 Å². The van der Waals surface area contributed by atoms with Gasteiger partial charge in [0.05, 0.1) is 6.10 Å². The monoisotopic (exact) mass is 251 g/mol. The van der Waals surface area contributed by atoms with Gasteiger partial charge in [0, 0.05) is 19.2 Å². The number of hydrogen-bond donors (Lipinski definition) is 1. The van der Waals surface area contributed by atoms with E-state index in [2.05, 4.69) is 12.2 Å². The largest absolute Gasteiger partial charge is 0.378 e. The molecule has 0 radical (unpaired) electrons. The average molecular weight is 251 g/mol. The van der Waals surface area contributed by atoms with E-state index in [1.54, 1.807) is 0 Å². The number of nitrogens with one attached hydrogen (secondary N) is 1. The minimum atomic E-state index is 0.571. The van der Waals surface area contributed by atoms with E-state index in [1.807, 2.05) is 0 Å². The summed E-state index contributed by atoms with van der Waals surface area (Å²) in [5.74, 6) is 1.01. The molecule has 3 rings (SSSR count). The molecule has 2 heteroatoms. The molecule has 2 nitrogen and oxygen atoms in total. The summed E-state index contributed by atoms with van der Waals surface area (Å²) in [5.41, 5.74) is 0.571. The molecule has 0 aromatic carbocycles. The van der Waals surface area contributed by atoms with Crippen molar-refractivity contribution in [3.63, 3.8) is 0 Å². The molecule has 0 amide bonds. The Kier molecular flexibility index (Phi) is 3.95. The highest BCUT2D eigenvalue weighted by Gasteiger charge is 2.41. The maximum atomic E-state index is 5.74. The van der Waals surface area contributed by atoms with E-state index in [9.17, 15) is 0 Å². The van der Waals surface area contributed by atoms with Crippen LogP contribution < -0.4 is 5.32 Å². The third-order valence-corrected chi connectivity index (χ3v) is 5.23. The second-order valence-electron chi connectivity index (χ2n) is 7.11. The molecule has 3 aliphatic rings. The van der Waals surface area contributed by atoms with Crippen molar-refractivity contribution in [1.82, 2.24) is 5.32 Å². The van der Waals surface area contributed by atoms with Gasteiger partial charge in [0.15, 0.2) is 0 Å². The van der Waals surface area contributed by atoms with Gasteiger partial charge < -0.3 is 10.1 Å². The first-order chi connectivity index (χ1) is 8.76. The zero-order valence-corrected chi connectivity index (χ0v) is 11.9. The van der Waals surface area contributed by atoms with Crippen LogP contribution in [-0.4, -0.2) is 25.3 Å². The summed E-state index contributed by atoms with van der Waals surface area (Å²) in [4.78, 5) is 0. The molecule has 104 valence electrons. The lowest BCUT2D eigenvalue weighted by Gasteiger charge is -2.31. The highest BCUT2D eigenvalue weighted by molar-refractivity contribution is 4.94. The quantitative estimate of drug-likeness (QED) is 0.713. The molecule has 0 aromatic rings. The molecule has 3 fully saturated rings. The van der Waals surface area contributed by atoms with Gasteiger partial charge in [0.2, 0.25) is 0 Å². The Morgan fingerprint density at radius 2 is 2.00 bits per heavy atom. The summed E-state index contributed by atoms with van der Waals surface area (Å²) in [7, 11) is 0. The molecule has 1 saturated heterocycles. The Balaban J connectivity index is 1.40. The van der Waals surface area contributed by atoms with Gasteiger partial charge in [-0.3, -0.25) is 0 Å². The minimum Gasteiger partial charge on any atom is -0.378 e. The lowest BCUT2D eigenvalue weighted by molar-refractivity contribution is 0.0964. The van der Waals surface area contributed by atoms with Crippen LogP contribution in [0.15, 0.2) is 0 Å². The van der Waals surface area contributed by atoms with Crippen LogP contribution in [-0.2, 0) is 4.74 Å². The van der Waals surface area contributed by atoms with Crippen LogP contribution >= 0.6 is 0 Å². The van der Waals surface area contributed by atoms with Gasteiger partial charge in [-0.15, -0.1) is 0 Å². The molecular formula is C16H29NO. The summed E-state index contributed by atoms with van der Waals surface area (Å²) >= 11 is 0. The number of ether oxygens (including phenoxy) is 1. The van der Waals surface area contributed by atoms with Crippen LogP contribution in [0.2, 0.25) is 0 Å². The lowest BCUT2D eigenvalue weighted by Crippen LogP contribution is -2.35. The Bertz CT molecular complexity index is 266. The highest BCUT2D eigenvalue weighted by Crippen LogP contribution is 2.48. The standard InChI is InChI=1S/C16H29NO/c1-16(13-6-7-13,12-17-14-8-9-14)10-2-4-15-5-3-11-18-15/h13-15,17H,2-12H2,1H3. The summed E-state index contributed by atoms with van der Waals surface area (Å²) in [6.07, 6.45) is 13.0. The average Bonchev–Trinajstić information content (AvgIpc) is 3.27. The van der Waals surface area contributed by atoms with Gasteiger partial charge in [0.1, 0.15) is 0 Å². The molecule has 1 N–H and O–H groups in total. The van der Waals surface area contributed by atoms with Gasteiger partial charge in [-0.2, -0.15) is 0 Å². The van der Waals surface area contributed by atoms with Crippen LogP contribution in [0, 0.1) is 11.3 Å². The number of rotatable bonds is 8. The number of hydrogen-bond acceptors (Lipinski definition) is 2. The smallest absolute Gasteiger partial charge is 0.0576 e. The fourth-order valence-electron chi connectivity index (χ4n) is 3.49. The predicted molar refractivity (Wildman–Crippen MR) is 74.7 cm³/mol. The molecular weight excluding hydrogens is 222 g/mol. The zero-order chi connectivity index (χ0) is 12.4. The van der Waals surface area contributed by atoms with Gasteiger partial charge in [-0.05, 0) is 62.7 Å². The van der Waals surface area contributed by atoms with Crippen LogP contribution in [0.4, 0.5) is 0 Å². The van der Waals surface area contributed by atoms with Crippen molar-refractivity contribution in [1.29, 1.82) is 0 Å². The SMILES string of the molecule is CC(CCCC1CCCO1)(CNC1CC1)C1CC1. The van der Waals surface area contributed by atoms with E-state index < -0.39 is 0 Å². The van der Waals surface area contributed by atoms with Crippen molar-refractivity contribution in [3.05, 3.63) is 0 Å². The molecule has 1 heterocycles. The van der Waals surface area contributed by atoms with E-state index >= 15 is 0 Å². The fourth-order valence-corrected chi connectivity index (χ4v) is 3.49. The van der Waals surface area contributed by atoms with Crippen molar-refractivity contribution < 1.29 is 4.74 Å². The molecule has 0 aromatic heterocycles. The van der Waals surface area contributed by atoms with Crippen molar-refractivity contribution >= 4 is 0 Å². The lowest BCUT2D eigenvalue weighted by atomic mass is 9.79. The summed E-state index contributed by atoms with van der Waals surface area (Å²) < 4.78 is 5.74. The molecule has 2 atom stereocenters. The molecule has 2 saturated carbocycles. The van der Waals surface area contributed by atoms with E-state index in [0.29, 0.717) is 11.5 Å². The Labute approximate surface area is 112 Å². The molecule has 2 aliphatic carbocycles. The Hall–Kier alpha value is -0.0800. The maximum Gasteiger partial charge on any atom is 0.0576 e. The molecule has 1 aliphatic heterocycles. The summed E-state index contributed by atoms with van der Waals surface area (Å²) in [6, 6.07) is 0.862. The maximum absolute atomic E-state index is 5.74. The van der Waals surface area contributed by atoms with Crippen LogP contribution in [0.5, 0.6) is 0 Å². The fraction of sp³-hybridized carbons (Fsp3) is 1.00. The van der Waals surface area contributed by atoms with Crippen molar-refractivity contribution in [2.45, 2.75) is 76.9 Å². The van der Waals surface area contributed by atoms with Crippen LogP contribution in [0.25, 0.3) is 0 Å². The second kappa shape index (κ2) is 5.50. The molecule has 0 bridgehead atoms. The van der Waals surface area contributed by atoms with Gasteiger partial charge in [-0.1, -0.05) is 13.3 Å². The van der Waals surface area contributed by atoms with E-state index in [4.69, 9.17) is 4.74 Å². The summed E-state index contributed by atoms with van der Waals surface area (Å²) in [5, 5.41) is 3.77.